The van der Waals surface area contributed by atoms with Gasteiger partial charge in [-0.1, -0.05) is 0 Å². The fraction of sp³-hybridized carbons (Fsp3) is 0.867. The zero-order valence-corrected chi connectivity index (χ0v) is 13.5. The zero-order chi connectivity index (χ0) is 18.5. The molecule has 11 unspecified atom stereocenters. The molecule has 1 aliphatic carbocycles. The number of ether oxygens (including phenoxy) is 3. The minimum Gasteiger partial charge on any atom is -0.472 e. The van der Waals surface area contributed by atoms with Gasteiger partial charge in [0.15, 0.2) is 6.29 Å². The van der Waals surface area contributed by atoms with Crippen molar-refractivity contribution in [3.05, 3.63) is 12.3 Å². The molecule has 2 heterocycles. The fourth-order valence-electron chi connectivity index (χ4n) is 3.77. The van der Waals surface area contributed by atoms with Crippen LogP contribution in [0.5, 0.6) is 0 Å². The molecule has 11 atom stereocenters. The lowest BCUT2D eigenvalue weighted by Crippen LogP contribution is -2.60. The molecule has 1 saturated heterocycles. The van der Waals surface area contributed by atoms with Gasteiger partial charge in [0.25, 0.3) is 0 Å². The third-order valence-electron chi connectivity index (χ3n) is 5.33. The van der Waals surface area contributed by atoms with E-state index >= 15 is 0 Å². The monoisotopic (exact) mass is 364 g/mol. The predicted octanol–water partition coefficient (Wildman–Crippen LogP) is -3.61. The molecule has 0 aromatic rings. The van der Waals surface area contributed by atoms with E-state index < -0.39 is 73.2 Å². The average Bonchev–Trinajstić information content (AvgIpc) is 2.77. The minimum atomic E-state index is -1.74. The van der Waals surface area contributed by atoms with Crippen molar-refractivity contribution >= 4 is 0 Å². The predicted molar refractivity (Wildman–Crippen MR) is 78.5 cm³/mol. The van der Waals surface area contributed by atoms with Gasteiger partial charge in [0.05, 0.1) is 30.5 Å². The minimum absolute atomic E-state index is 0.614. The summed E-state index contributed by atoms with van der Waals surface area (Å²) in [6.07, 6.45) is -8.54. The average molecular weight is 364 g/mol. The van der Waals surface area contributed by atoms with Gasteiger partial charge in [0.1, 0.15) is 30.5 Å². The van der Waals surface area contributed by atoms with Crippen LogP contribution < -0.4 is 0 Å². The molecule has 25 heavy (non-hydrogen) atoms. The quantitative estimate of drug-likeness (QED) is 0.265. The van der Waals surface area contributed by atoms with Crippen molar-refractivity contribution in [3.63, 3.8) is 0 Å². The molecule has 2 fully saturated rings. The normalized spacial score (nSPS) is 55.7. The topological polar surface area (TPSA) is 169 Å². The Morgan fingerprint density at radius 3 is 2.32 bits per heavy atom. The van der Waals surface area contributed by atoms with Crippen LogP contribution in [0, 0.1) is 11.8 Å². The first kappa shape index (κ1) is 19.0. The van der Waals surface area contributed by atoms with Crippen molar-refractivity contribution in [1.82, 2.24) is 0 Å². The lowest BCUT2D eigenvalue weighted by Gasteiger charge is -2.43. The van der Waals surface area contributed by atoms with Crippen LogP contribution in [0.1, 0.15) is 6.92 Å². The Morgan fingerprint density at radius 1 is 1.00 bits per heavy atom. The SMILES string of the molecule is CC1(O)C(O)C(O)C2C=COC(OC3OC(CO)C(O)C(O)C3O)C21. The largest absolute Gasteiger partial charge is 0.472 e. The van der Waals surface area contributed by atoms with Crippen LogP contribution in [0.25, 0.3) is 0 Å². The van der Waals surface area contributed by atoms with E-state index in [-0.39, 0.29) is 0 Å². The molecule has 0 bridgehead atoms. The van der Waals surface area contributed by atoms with Crippen molar-refractivity contribution in [2.45, 2.75) is 61.7 Å². The number of hydrogen-bond donors (Lipinski definition) is 7. The Labute approximate surface area is 143 Å². The zero-order valence-electron chi connectivity index (χ0n) is 13.5. The van der Waals surface area contributed by atoms with E-state index in [1.807, 2.05) is 0 Å². The second kappa shape index (κ2) is 6.72. The Hall–Kier alpha value is -0.820. The van der Waals surface area contributed by atoms with E-state index in [0.29, 0.717) is 0 Å². The van der Waals surface area contributed by atoms with E-state index in [9.17, 15) is 35.7 Å². The van der Waals surface area contributed by atoms with E-state index in [4.69, 9.17) is 14.2 Å². The van der Waals surface area contributed by atoms with Crippen LogP contribution in [-0.2, 0) is 14.2 Å². The van der Waals surface area contributed by atoms with Gasteiger partial charge in [-0.3, -0.25) is 0 Å². The fourth-order valence-corrected chi connectivity index (χ4v) is 3.77. The third-order valence-corrected chi connectivity index (χ3v) is 5.33. The summed E-state index contributed by atoms with van der Waals surface area (Å²) in [5.41, 5.74) is -1.74. The van der Waals surface area contributed by atoms with Gasteiger partial charge in [-0.2, -0.15) is 0 Å². The first-order chi connectivity index (χ1) is 11.7. The molecule has 1 saturated carbocycles. The number of rotatable bonds is 3. The standard InChI is InChI=1S/C15H24O10/c1-15(22)7-5(8(17)12(15)21)2-3-23-13(7)25-14-11(20)10(19)9(18)6(4-16)24-14/h2-3,5-14,16-22H,4H2,1H3. The van der Waals surface area contributed by atoms with Crippen LogP contribution >= 0.6 is 0 Å². The summed E-state index contributed by atoms with van der Waals surface area (Å²) in [7, 11) is 0. The van der Waals surface area contributed by atoms with Crippen LogP contribution in [-0.4, -0.2) is 97.2 Å². The molecule has 10 nitrogen and oxygen atoms in total. The maximum atomic E-state index is 10.5. The maximum absolute atomic E-state index is 10.5. The molecular weight excluding hydrogens is 340 g/mol. The highest BCUT2D eigenvalue weighted by Crippen LogP contribution is 2.46. The maximum Gasteiger partial charge on any atom is 0.208 e. The second-order valence-electron chi connectivity index (χ2n) is 6.93. The summed E-state index contributed by atoms with van der Waals surface area (Å²) in [6.45, 7) is 0.717. The molecule has 0 spiro atoms. The molecule has 10 heteroatoms. The van der Waals surface area contributed by atoms with Gasteiger partial charge >= 0.3 is 0 Å². The summed E-state index contributed by atoms with van der Waals surface area (Å²) >= 11 is 0. The Balaban J connectivity index is 1.79. The molecular formula is C15H24O10. The number of hydrogen-bond acceptors (Lipinski definition) is 10. The molecule has 0 aromatic carbocycles. The number of fused-ring (bicyclic) bond motifs is 1. The summed E-state index contributed by atoms with van der Waals surface area (Å²) in [5.74, 6) is -1.54. The summed E-state index contributed by atoms with van der Waals surface area (Å²) in [6, 6.07) is 0. The number of aliphatic hydroxyl groups is 7. The highest BCUT2D eigenvalue weighted by Gasteiger charge is 2.61. The van der Waals surface area contributed by atoms with Gasteiger partial charge in [-0.25, -0.2) is 0 Å². The smallest absolute Gasteiger partial charge is 0.208 e. The van der Waals surface area contributed by atoms with Gasteiger partial charge in [-0.15, -0.1) is 0 Å². The van der Waals surface area contributed by atoms with E-state index in [2.05, 4.69) is 0 Å². The first-order valence-electron chi connectivity index (χ1n) is 8.06. The van der Waals surface area contributed by atoms with Gasteiger partial charge < -0.3 is 50.0 Å². The molecule has 3 aliphatic rings. The lowest BCUT2D eigenvalue weighted by atomic mass is 9.84. The van der Waals surface area contributed by atoms with E-state index in [0.717, 1.165) is 0 Å². The van der Waals surface area contributed by atoms with E-state index in [1.54, 1.807) is 0 Å². The van der Waals surface area contributed by atoms with Crippen molar-refractivity contribution in [3.8, 4) is 0 Å². The third kappa shape index (κ3) is 2.97. The second-order valence-corrected chi connectivity index (χ2v) is 6.93. The Morgan fingerprint density at radius 2 is 1.68 bits per heavy atom. The molecule has 3 rings (SSSR count). The highest BCUT2D eigenvalue weighted by molar-refractivity contribution is 5.14. The molecule has 0 aromatic heterocycles. The molecule has 0 amide bonds. The highest BCUT2D eigenvalue weighted by atomic mass is 16.8. The summed E-state index contributed by atoms with van der Waals surface area (Å²) < 4.78 is 16.1. The van der Waals surface area contributed by atoms with Crippen molar-refractivity contribution in [2.75, 3.05) is 6.61 Å². The van der Waals surface area contributed by atoms with Crippen molar-refractivity contribution in [2.24, 2.45) is 11.8 Å². The lowest BCUT2D eigenvalue weighted by molar-refractivity contribution is -0.346. The summed E-state index contributed by atoms with van der Waals surface area (Å²) in [5, 5.41) is 69.6. The molecule has 7 N–H and O–H groups in total. The van der Waals surface area contributed by atoms with Crippen molar-refractivity contribution < 1.29 is 50.0 Å². The first-order valence-corrected chi connectivity index (χ1v) is 8.06. The van der Waals surface area contributed by atoms with Gasteiger partial charge in [0.2, 0.25) is 6.29 Å². The molecule has 0 radical (unpaired) electrons. The Bertz CT molecular complexity index is 509. The van der Waals surface area contributed by atoms with Crippen LogP contribution in [0.4, 0.5) is 0 Å². The summed E-state index contributed by atoms with van der Waals surface area (Å²) in [4.78, 5) is 0. The van der Waals surface area contributed by atoms with Gasteiger partial charge in [0, 0.05) is 5.92 Å². The number of aliphatic hydroxyl groups excluding tert-OH is 6. The van der Waals surface area contributed by atoms with E-state index in [1.165, 1.54) is 19.3 Å². The molecule has 144 valence electrons. The van der Waals surface area contributed by atoms with Crippen LogP contribution in [0.3, 0.4) is 0 Å². The van der Waals surface area contributed by atoms with Crippen LogP contribution in [0.15, 0.2) is 12.3 Å². The van der Waals surface area contributed by atoms with Gasteiger partial charge in [-0.05, 0) is 13.0 Å². The van der Waals surface area contributed by atoms with Crippen LogP contribution in [0.2, 0.25) is 0 Å². The van der Waals surface area contributed by atoms with Crippen molar-refractivity contribution in [1.29, 1.82) is 0 Å². The molecule has 2 aliphatic heterocycles. The Kier molecular flexibility index (Phi) is 5.10.